The van der Waals surface area contributed by atoms with Gasteiger partial charge in [-0.1, -0.05) is 18.2 Å². The minimum atomic E-state index is -0.146. The Labute approximate surface area is 123 Å². The van der Waals surface area contributed by atoms with Crippen molar-refractivity contribution in [1.29, 1.82) is 0 Å². The number of benzene rings is 1. The van der Waals surface area contributed by atoms with Crippen molar-refractivity contribution in [2.75, 3.05) is 0 Å². The fraction of sp³-hybridized carbons (Fsp3) is 0.0714. The standard InChI is InChI=1S/C14H12BrN3S/c15-12-6-7-19-14(12)13(16)10-8-17-18(9-10)11-4-2-1-3-5-11/h1-9,13H,16H2. The molecule has 0 bridgehead atoms. The quantitative estimate of drug-likeness (QED) is 0.793. The molecule has 0 amide bonds. The Balaban J connectivity index is 1.92. The lowest BCUT2D eigenvalue weighted by atomic mass is 10.1. The Kier molecular flexibility index (Phi) is 3.50. The molecule has 2 heterocycles. The molecule has 0 saturated heterocycles. The third kappa shape index (κ3) is 2.49. The maximum Gasteiger partial charge on any atom is 0.0688 e. The maximum absolute atomic E-state index is 6.28. The lowest BCUT2D eigenvalue weighted by molar-refractivity contribution is 0.870. The molecule has 3 rings (SSSR count). The Morgan fingerprint density at radius 1 is 1.21 bits per heavy atom. The summed E-state index contributed by atoms with van der Waals surface area (Å²) >= 11 is 5.17. The van der Waals surface area contributed by atoms with E-state index in [0.29, 0.717) is 0 Å². The Bertz CT molecular complexity index is 675. The van der Waals surface area contributed by atoms with Crippen LogP contribution < -0.4 is 5.73 Å². The smallest absolute Gasteiger partial charge is 0.0688 e. The van der Waals surface area contributed by atoms with E-state index in [1.54, 1.807) is 11.3 Å². The van der Waals surface area contributed by atoms with Gasteiger partial charge in [-0.15, -0.1) is 11.3 Å². The molecule has 1 atom stereocenters. The van der Waals surface area contributed by atoms with E-state index in [4.69, 9.17) is 5.73 Å². The van der Waals surface area contributed by atoms with Crippen molar-refractivity contribution in [3.05, 3.63) is 69.1 Å². The molecule has 3 nitrogen and oxygen atoms in total. The van der Waals surface area contributed by atoms with Crippen molar-refractivity contribution >= 4 is 27.3 Å². The van der Waals surface area contributed by atoms with E-state index in [9.17, 15) is 0 Å². The van der Waals surface area contributed by atoms with Crippen molar-refractivity contribution < 1.29 is 0 Å². The Morgan fingerprint density at radius 3 is 2.68 bits per heavy atom. The van der Waals surface area contributed by atoms with Gasteiger partial charge in [-0.2, -0.15) is 5.10 Å². The predicted molar refractivity (Wildman–Crippen MR) is 81.6 cm³/mol. The van der Waals surface area contributed by atoms with Gasteiger partial charge in [-0.25, -0.2) is 4.68 Å². The van der Waals surface area contributed by atoms with Crippen LogP contribution >= 0.6 is 27.3 Å². The number of nitrogens with zero attached hydrogens (tertiary/aromatic N) is 2. The predicted octanol–water partition coefficient (Wildman–Crippen LogP) is 3.74. The molecule has 1 aromatic carbocycles. The molecule has 2 aromatic heterocycles. The fourth-order valence-corrected chi connectivity index (χ4v) is 3.55. The van der Waals surface area contributed by atoms with Crippen molar-refractivity contribution in [1.82, 2.24) is 9.78 Å². The van der Waals surface area contributed by atoms with Gasteiger partial charge in [0, 0.05) is 21.1 Å². The van der Waals surface area contributed by atoms with Gasteiger partial charge < -0.3 is 5.73 Å². The van der Waals surface area contributed by atoms with Gasteiger partial charge >= 0.3 is 0 Å². The first-order valence-electron chi connectivity index (χ1n) is 5.84. The summed E-state index contributed by atoms with van der Waals surface area (Å²) in [5.74, 6) is 0. The summed E-state index contributed by atoms with van der Waals surface area (Å²) in [7, 11) is 0. The second-order valence-electron chi connectivity index (χ2n) is 4.16. The number of rotatable bonds is 3. The van der Waals surface area contributed by atoms with Gasteiger partial charge in [0.05, 0.1) is 17.9 Å². The number of thiophene rings is 1. The van der Waals surface area contributed by atoms with Crippen molar-refractivity contribution in [2.45, 2.75) is 6.04 Å². The molecule has 5 heteroatoms. The molecular formula is C14H12BrN3S. The van der Waals surface area contributed by atoms with E-state index >= 15 is 0 Å². The first-order valence-corrected chi connectivity index (χ1v) is 7.51. The van der Waals surface area contributed by atoms with Gasteiger partial charge in [0.1, 0.15) is 0 Å². The minimum absolute atomic E-state index is 0.146. The van der Waals surface area contributed by atoms with Crippen LogP contribution in [0.4, 0.5) is 0 Å². The van der Waals surface area contributed by atoms with E-state index < -0.39 is 0 Å². The summed E-state index contributed by atoms with van der Waals surface area (Å²) in [6.07, 6.45) is 3.80. The van der Waals surface area contributed by atoms with E-state index in [1.165, 1.54) is 0 Å². The summed E-state index contributed by atoms with van der Waals surface area (Å²) in [5.41, 5.74) is 8.32. The maximum atomic E-state index is 6.28. The molecule has 0 radical (unpaired) electrons. The summed E-state index contributed by atoms with van der Waals surface area (Å²) in [6, 6.07) is 11.9. The third-order valence-electron chi connectivity index (χ3n) is 2.91. The molecule has 1 unspecified atom stereocenters. The first-order chi connectivity index (χ1) is 9.25. The molecule has 96 valence electrons. The lowest BCUT2D eigenvalue weighted by Crippen LogP contribution is -2.09. The molecule has 0 aliphatic carbocycles. The fourth-order valence-electron chi connectivity index (χ4n) is 1.90. The molecule has 0 spiro atoms. The normalized spacial score (nSPS) is 12.5. The van der Waals surface area contributed by atoms with Crippen molar-refractivity contribution in [3.63, 3.8) is 0 Å². The summed E-state index contributed by atoms with van der Waals surface area (Å²) in [4.78, 5) is 1.12. The van der Waals surface area contributed by atoms with Gasteiger partial charge in [-0.05, 0) is 39.5 Å². The van der Waals surface area contributed by atoms with Gasteiger partial charge in [0.25, 0.3) is 0 Å². The van der Waals surface area contributed by atoms with E-state index in [0.717, 1.165) is 20.6 Å². The summed E-state index contributed by atoms with van der Waals surface area (Å²) in [5, 5.41) is 6.40. The second-order valence-corrected chi connectivity index (χ2v) is 5.97. The first kappa shape index (κ1) is 12.6. The van der Waals surface area contributed by atoms with Crippen LogP contribution in [-0.2, 0) is 0 Å². The third-order valence-corrected chi connectivity index (χ3v) is 4.86. The van der Waals surface area contributed by atoms with Gasteiger partial charge in [0.15, 0.2) is 0 Å². The zero-order chi connectivity index (χ0) is 13.2. The van der Waals surface area contributed by atoms with E-state index in [-0.39, 0.29) is 6.04 Å². The molecule has 0 fully saturated rings. The molecule has 2 N–H and O–H groups in total. The number of nitrogens with two attached hydrogens (primary N) is 1. The van der Waals surface area contributed by atoms with Crippen LogP contribution in [0.5, 0.6) is 0 Å². The van der Waals surface area contributed by atoms with Crippen molar-refractivity contribution in [3.8, 4) is 5.69 Å². The highest BCUT2D eigenvalue weighted by Crippen LogP contribution is 2.31. The highest BCUT2D eigenvalue weighted by Gasteiger charge is 2.15. The van der Waals surface area contributed by atoms with Crippen LogP contribution in [0, 0.1) is 0 Å². The topological polar surface area (TPSA) is 43.8 Å². The molecule has 0 aliphatic heterocycles. The van der Waals surface area contributed by atoms with Crippen LogP contribution in [-0.4, -0.2) is 9.78 Å². The number of para-hydroxylation sites is 1. The summed E-state index contributed by atoms with van der Waals surface area (Å²) in [6.45, 7) is 0. The van der Waals surface area contributed by atoms with Gasteiger partial charge in [0.2, 0.25) is 0 Å². The molecular weight excluding hydrogens is 322 g/mol. The monoisotopic (exact) mass is 333 g/mol. The average Bonchev–Trinajstić information content (AvgIpc) is 3.08. The van der Waals surface area contributed by atoms with Crippen LogP contribution in [0.15, 0.2) is 58.6 Å². The number of aromatic nitrogens is 2. The van der Waals surface area contributed by atoms with Crippen molar-refractivity contribution in [2.24, 2.45) is 5.73 Å². The highest BCUT2D eigenvalue weighted by atomic mass is 79.9. The zero-order valence-corrected chi connectivity index (χ0v) is 12.4. The molecule has 0 aliphatic rings. The Morgan fingerprint density at radius 2 is 2.00 bits per heavy atom. The lowest BCUT2D eigenvalue weighted by Gasteiger charge is -2.07. The average molecular weight is 334 g/mol. The Hall–Kier alpha value is -1.43. The SMILES string of the molecule is NC(c1cnn(-c2ccccc2)c1)c1sccc1Br. The second kappa shape index (κ2) is 5.28. The summed E-state index contributed by atoms with van der Waals surface area (Å²) < 4.78 is 2.90. The van der Waals surface area contributed by atoms with Crippen LogP contribution in [0.25, 0.3) is 5.69 Å². The highest BCUT2D eigenvalue weighted by molar-refractivity contribution is 9.10. The van der Waals surface area contributed by atoms with Crippen LogP contribution in [0.2, 0.25) is 0 Å². The largest absolute Gasteiger partial charge is 0.319 e. The minimum Gasteiger partial charge on any atom is -0.319 e. The van der Waals surface area contributed by atoms with Crippen LogP contribution in [0.1, 0.15) is 16.5 Å². The number of halogens is 1. The van der Waals surface area contributed by atoms with E-state index in [1.807, 2.05) is 58.9 Å². The molecule has 3 aromatic rings. The molecule has 19 heavy (non-hydrogen) atoms. The van der Waals surface area contributed by atoms with Crippen LogP contribution in [0.3, 0.4) is 0 Å². The molecule has 0 saturated carbocycles. The van der Waals surface area contributed by atoms with Gasteiger partial charge in [-0.3, -0.25) is 0 Å². The number of hydrogen-bond acceptors (Lipinski definition) is 3. The number of hydrogen-bond donors (Lipinski definition) is 1. The van der Waals surface area contributed by atoms with E-state index in [2.05, 4.69) is 21.0 Å². The zero-order valence-electron chi connectivity index (χ0n) is 10.0.